The molecule has 1 aromatic rings. The smallest absolute Gasteiger partial charge is 0.325 e. The van der Waals surface area contributed by atoms with Crippen LogP contribution in [-0.4, -0.2) is 46.1 Å². The standard InChI is InChI=1S/C10H15N3O4/c1-13(3-2-4-14)9(16)6-7-5-8(15)12-10(17)11-7/h5,14H,2-4,6H2,1H3,(H2,11,12,15,17). The minimum Gasteiger partial charge on any atom is -0.396 e. The first-order chi connectivity index (χ1) is 8.02. The molecule has 1 aromatic heterocycles. The molecule has 0 radical (unpaired) electrons. The molecule has 0 unspecified atom stereocenters. The van der Waals surface area contributed by atoms with E-state index >= 15 is 0 Å². The van der Waals surface area contributed by atoms with E-state index in [-0.39, 0.29) is 24.6 Å². The zero-order valence-corrected chi connectivity index (χ0v) is 9.52. The Labute approximate surface area is 97.1 Å². The number of aliphatic hydroxyl groups is 1. The van der Waals surface area contributed by atoms with Gasteiger partial charge < -0.3 is 15.0 Å². The maximum absolute atomic E-state index is 11.7. The number of carbonyl (C=O) groups excluding carboxylic acids is 1. The summed E-state index contributed by atoms with van der Waals surface area (Å²) in [6.45, 7) is 0.447. The Balaban J connectivity index is 2.67. The number of aromatic amines is 2. The van der Waals surface area contributed by atoms with Crippen molar-refractivity contribution in [1.29, 1.82) is 0 Å². The van der Waals surface area contributed by atoms with Gasteiger partial charge in [-0.25, -0.2) is 4.79 Å². The van der Waals surface area contributed by atoms with Gasteiger partial charge in [-0.1, -0.05) is 0 Å². The first-order valence-electron chi connectivity index (χ1n) is 5.20. The van der Waals surface area contributed by atoms with Crippen LogP contribution in [0.25, 0.3) is 0 Å². The normalized spacial score (nSPS) is 10.2. The molecule has 0 aliphatic heterocycles. The van der Waals surface area contributed by atoms with Gasteiger partial charge in [0.15, 0.2) is 0 Å². The lowest BCUT2D eigenvalue weighted by molar-refractivity contribution is -0.129. The second-order valence-corrected chi connectivity index (χ2v) is 3.68. The van der Waals surface area contributed by atoms with E-state index in [2.05, 4.69) is 4.98 Å². The fourth-order valence-corrected chi connectivity index (χ4v) is 1.35. The monoisotopic (exact) mass is 241 g/mol. The summed E-state index contributed by atoms with van der Waals surface area (Å²) in [5, 5.41) is 8.63. The molecule has 0 aliphatic carbocycles. The highest BCUT2D eigenvalue weighted by atomic mass is 16.3. The summed E-state index contributed by atoms with van der Waals surface area (Å²) in [4.78, 5) is 39.5. The number of nitrogens with one attached hydrogen (secondary N) is 2. The first-order valence-corrected chi connectivity index (χ1v) is 5.20. The summed E-state index contributed by atoms with van der Waals surface area (Å²) in [5.41, 5.74) is -0.882. The summed E-state index contributed by atoms with van der Waals surface area (Å²) in [7, 11) is 1.60. The van der Waals surface area contributed by atoms with Crippen LogP contribution >= 0.6 is 0 Å². The van der Waals surface area contributed by atoms with Gasteiger partial charge in [-0.15, -0.1) is 0 Å². The number of hydrogen-bond acceptors (Lipinski definition) is 4. The van der Waals surface area contributed by atoms with Crippen LogP contribution in [-0.2, 0) is 11.2 Å². The number of aliphatic hydroxyl groups excluding tert-OH is 1. The van der Waals surface area contributed by atoms with Crippen molar-refractivity contribution in [3.05, 3.63) is 32.6 Å². The molecular formula is C10H15N3O4. The van der Waals surface area contributed by atoms with Crippen molar-refractivity contribution < 1.29 is 9.90 Å². The van der Waals surface area contributed by atoms with Gasteiger partial charge in [-0.3, -0.25) is 14.6 Å². The Kier molecular flexibility index (Phi) is 4.65. The number of nitrogens with zero attached hydrogens (tertiary/aromatic N) is 1. The van der Waals surface area contributed by atoms with Gasteiger partial charge >= 0.3 is 5.69 Å². The minimum atomic E-state index is -0.627. The number of H-pyrrole nitrogens is 2. The molecule has 0 saturated carbocycles. The highest BCUT2D eigenvalue weighted by Gasteiger charge is 2.10. The van der Waals surface area contributed by atoms with Gasteiger partial charge in [-0.05, 0) is 6.42 Å². The predicted molar refractivity (Wildman–Crippen MR) is 60.7 cm³/mol. The Morgan fingerprint density at radius 3 is 2.71 bits per heavy atom. The molecule has 0 saturated heterocycles. The van der Waals surface area contributed by atoms with E-state index in [1.165, 1.54) is 11.0 Å². The van der Waals surface area contributed by atoms with E-state index in [0.717, 1.165) is 0 Å². The fraction of sp³-hybridized carbons (Fsp3) is 0.500. The summed E-state index contributed by atoms with van der Waals surface area (Å²) in [6, 6.07) is 1.18. The fourth-order valence-electron chi connectivity index (χ4n) is 1.35. The summed E-state index contributed by atoms with van der Waals surface area (Å²) in [5.74, 6) is -0.222. The lowest BCUT2D eigenvalue weighted by atomic mass is 10.2. The summed E-state index contributed by atoms with van der Waals surface area (Å²) >= 11 is 0. The Hall–Kier alpha value is -1.89. The molecule has 17 heavy (non-hydrogen) atoms. The minimum absolute atomic E-state index is 0.0134. The highest BCUT2D eigenvalue weighted by Crippen LogP contribution is 1.95. The van der Waals surface area contributed by atoms with Crippen molar-refractivity contribution in [3.63, 3.8) is 0 Å². The van der Waals surface area contributed by atoms with Crippen molar-refractivity contribution in [3.8, 4) is 0 Å². The second kappa shape index (κ2) is 6.00. The number of hydrogen-bond donors (Lipinski definition) is 3. The van der Waals surface area contributed by atoms with Crippen LogP contribution in [0.5, 0.6) is 0 Å². The second-order valence-electron chi connectivity index (χ2n) is 3.68. The third-order valence-corrected chi connectivity index (χ3v) is 2.24. The zero-order valence-electron chi connectivity index (χ0n) is 9.52. The van der Waals surface area contributed by atoms with Crippen molar-refractivity contribution in [2.24, 2.45) is 0 Å². The van der Waals surface area contributed by atoms with Gasteiger partial charge in [0.25, 0.3) is 5.56 Å². The number of likely N-dealkylation sites (N-methyl/N-ethyl adjacent to an activating group) is 1. The molecular weight excluding hydrogens is 226 g/mol. The van der Waals surface area contributed by atoms with Crippen LogP contribution in [0.15, 0.2) is 15.7 Å². The highest BCUT2D eigenvalue weighted by molar-refractivity contribution is 5.77. The molecule has 3 N–H and O–H groups in total. The number of aromatic nitrogens is 2. The quantitative estimate of drug-likeness (QED) is 0.580. The first kappa shape index (κ1) is 13.2. The van der Waals surface area contributed by atoms with Crippen LogP contribution < -0.4 is 11.2 Å². The molecule has 1 amide bonds. The molecule has 0 spiro atoms. The Morgan fingerprint density at radius 2 is 2.12 bits per heavy atom. The third-order valence-electron chi connectivity index (χ3n) is 2.24. The molecule has 7 heteroatoms. The molecule has 0 aromatic carbocycles. The molecule has 0 aliphatic rings. The average Bonchev–Trinajstić information content (AvgIpc) is 2.24. The van der Waals surface area contributed by atoms with Crippen molar-refractivity contribution in [1.82, 2.24) is 14.9 Å². The van der Waals surface area contributed by atoms with E-state index in [9.17, 15) is 14.4 Å². The third kappa shape index (κ3) is 4.23. The SMILES string of the molecule is CN(CCCO)C(=O)Cc1cc(=O)[nH]c(=O)[nH]1. The maximum Gasteiger partial charge on any atom is 0.325 e. The topological polar surface area (TPSA) is 106 Å². The molecule has 1 rings (SSSR count). The lowest BCUT2D eigenvalue weighted by Gasteiger charge is -2.16. The summed E-state index contributed by atoms with van der Waals surface area (Å²) in [6.07, 6.45) is 0.454. The molecule has 1 heterocycles. The van der Waals surface area contributed by atoms with Gasteiger partial charge in [0.2, 0.25) is 5.91 Å². The molecule has 94 valence electrons. The van der Waals surface area contributed by atoms with Gasteiger partial charge in [0, 0.05) is 32.0 Å². The van der Waals surface area contributed by atoms with E-state index < -0.39 is 11.2 Å². The van der Waals surface area contributed by atoms with Crippen LogP contribution in [0.3, 0.4) is 0 Å². The van der Waals surface area contributed by atoms with Crippen LogP contribution in [0.4, 0.5) is 0 Å². The largest absolute Gasteiger partial charge is 0.396 e. The van der Waals surface area contributed by atoms with Gasteiger partial charge in [-0.2, -0.15) is 0 Å². The number of carbonyl (C=O) groups is 1. The van der Waals surface area contributed by atoms with Gasteiger partial charge in [0.05, 0.1) is 6.42 Å². The molecule has 0 atom stereocenters. The lowest BCUT2D eigenvalue weighted by Crippen LogP contribution is -2.31. The van der Waals surface area contributed by atoms with Crippen LogP contribution in [0.1, 0.15) is 12.1 Å². The van der Waals surface area contributed by atoms with Crippen LogP contribution in [0, 0.1) is 0 Å². The molecule has 0 fully saturated rings. The Bertz CT molecular complexity index is 463. The predicted octanol–water partition coefficient (Wildman–Crippen LogP) is -1.55. The van der Waals surface area contributed by atoms with E-state index in [4.69, 9.17) is 5.11 Å². The molecule has 7 nitrogen and oxygen atoms in total. The number of amides is 1. The van der Waals surface area contributed by atoms with Crippen molar-refractivity contribution in [2.75, 3.05) is 20.2 Å². The van der Waals surface area contributed by atoms with Crippen LogP contribution in [0.2, 0.25) is 0 Å². The Morgan fingerprint density at radius 1 is 1.41 bits per heavy atom. The van der Waals surface area contributed by atoms with Crippen molar-refractivity contribution >= 4 is 5.91 Å². The summed E-state index contributed by atoms with van der Waals surface area (Å²) < 4.78 is 0. The molecule has 0 bridgehead atoms. The van der Waals surface area contributed by atoms with E-state index in [1.807, 2.05) is 4.98 Å². The maximum atomic E-state index is 11.7. The van der Waals surface area contributed by atoms with E-state index in [0.29, 0.717) is 13.0 Å². The van der Waals surface area contributed by atoms with Gasteiger partial charge in [0.1, 0.15) is 0 Å². The van der Waals surface area contributed by atoms with E-state index in [1.54, 1.807) is 7.05 Å². The number of rotatable bonds is 5. The van der Waals surface area contributed by atoms with Crippen molar-refractivity contribution in [2.45, 2.75) is 12.8 Å². The average molecular weight is 241 g/mol. The zero-order chi connectivity index (χ0) is 12.8.